The number of piperazine rings is 1. The number of imide groups is 1. The second-order valence-corrected chi connectivity index (χ2v) is 9.85. The van der Waals surface area contributed by atoms with Gasteiger partial charge in [0.1, 0.15) is 5.54 Å². The van der Waals surface area contributed by atoms with Crippen molar-refractivity contribution in [3.05, 3.63) is 58.7 Å². The lowest BCUT2D eigenvalue weighted by Crippen LogP contribution is -2.51. The number of urea groups is 1. The predicted octanol–water partition coefficient (Wildman–Crippen LogP) is 2.45. The van der Waals surface area contributed by atoms with E-state index in [4.69, 9.17) is 9.47 Å². The lowest BCUT2D eigenvalue weighted by Gasteiger charge is -2.36. The number of nitrogens with zero attached hydrogens (tertiary/aromatic N) is 3. The Hall–Kier alpha value is -3.10. The van der Waals surface area contributed by atoms with Gasteiger partial charge in [0.25, 0.3) is 5.91 Å². The van der Waals surface area contributed by atoms with E-state index in [0.717, 1.165) is 69.0 Å². The Morgan fingerprint density at radius 1 is 0.912 bits per heavy atom. The van der Waals surface area contributed by atoms with Gasteiger partial charge in [0.05, 0.1) is 6.67 Å². The van der Waals surface area contributed by atoms with E-state index in [9.17, 15) is 9.59 Å². The Bertz CT molecular complexity index is 1140. The zero-order chi connectivity index (χ0) is 23.3. The number of ether oxygens (including phenoxy) is 2. The van der Waals surface area contributed by atoms with Crippen molar-refractivity contribution in [2.45, 2.75) is 38.3 Å². The van der Waals surface area contributed by atoms with E-state index >= 15 is 0 Å². The molecule has 34 heavy (non-hydrogen) atoms. The van der Waals surface area contributed by atoms with E-state index in [1.807, 2.05) is 25.1 Å². The maximum Gasteiger partial charge on any atom is 0.326 e. The number of fused-ring (bicyclic) bond motifs is 2. The van der Waals surface area contributed by atoms with Crippen LogP contribution in [-0.4, -0.2) is 66.3 Å². The zero-order valence-electron chi connectivity index (χ0n) is 19.5. The highest BCUT2D eigenvalue weighted by atomic mass is 16.7. The van der Waals surface area contributed by atoms with Crippen molar-refractivity contribution in [3.8, 4) is 11.5 Å². The summed E-state index contributed by atoms with van der Waals surface area (Å²) in [5.41, 5.74) is 3.73. The van der Waals surface area contributed by atoms with Gasteiger partial charge in [-0.05, 0) is 60.6 Å². The van der Waals surface area contributed by atoms with E-state index in [1.54, 1.807) is 0 Å². The summed E-state index contributed by atoms with van der Waals surface area (Å²) in [4.78, 5) is 32.2. The zero-order valence-corrected chi connectivity index (χ0v) is 19.5. The van der Waals surface area contributed by atoms with E-state index in [-0.39, 0.29) is 18.7 Å². The number of nitrogens with one attached hydrogen (secondary N) is 1. The largest absolute Gasteiger partial charge is 0.454 e. The fourth-order valence-electron chi connectivity index (χ4n) is 5.49. The van der Waals surface area contributed by atoms with Crippen LogP contribution in [0.2, 0.25) is 0 Å². The highest BCUT2D eigenvalue weighted by Gasteiger charge is 2.49. The van der Waals surface area contributed by atoms with E-state index in [1.165, 1.54) is 21.6 Å². The van der Waals surface area contributed by atoms with Gasteiger partial charge < -0.3 is 14.8 Å². The summed E-state index contributed by atoms with van der Waals surface area (Å²) in [6.45, 7) is 6.63. The van der Waals surface area contributed by atoms with Crippen LogP contribution in [0.3, 0.4) is 0 Å². The quantitative estimate of drug-likeness (QED) is 0.688. The molecule has 0 spiro atoms. The molecule has 2 fully saturated rings. The van der Waals surface area contributed by atoms with Gasteiger partial charge >= 0.3 is 6.03 Å². The van der Waals surface area contributed by atoms with Crippen molar-refractivity contribution in [1.29, 1.82) is 0 Å². The number of carbonyl (C=O) groups is 2. The van der Waals surface area contributed by atoms with Gasteiger partial charge in [-0.25, -0.2) is 9.69 Å². The van der Waals surface area contributed by atoms with Gasteiger partial charge in [-0.15, -0.1) is 0 Å². The predicted molar refractivity (Wildman–Crippen MR) is 125 cm³/mol. The van der Waals surface area contributed by atoms with Gasteiger partial charge in [-0.3, -0.25) is 14.6 Å². The molecule has 3 heterocycles. The molecule has 0 saturated carbocycles. The van der Waals surface area contributed by atoms with Crippen molar-refractivity contribution < 1.29 is 19.1 Å². The number of hydrogen-bond acceptors (Lipinski definition) is 6. The summed E-state index contributed by atoms with van der Waals surface area (Å²) in [7, 11) is 0. The standard InChI is InChI=1S/C26H30N4O4/c1-26(21-7-6-19-3-2-4-20(19)14-21)24(31)30(25(32)27-26)16-29-11-9-28(10-12-29)15-18-5-8-22-23(13-18)34-17-33-22/h5-8,13-14H,2-4,9-12,15-17H2,1H3,(H,27,32)/t26-/m1/s1. The summed E-state index contributed by atoms with van der Waals surface area (Å²) in [5, 5.41) is 2.97. The highest BCUT2D eigenvalue weighted by molar-refractivity contribution is 6.07. The molecule has 2 aromatic rings. The van der Waals surface area contributed by atoms with Crippen molar-refractivity contribution in [2.75, 3.05) is 39.6 Å². The molecular formula is C26H30N4O4. The second-order valence-electron chi connectivity index (χ2n) is 9.85. The summed E-state index contributed by atoms with van der Waals surface area (Å²) in [6, 6.07) is 12.0. The van der Waals surface area contributed by atoms with Crippen LogP contribution in [0, 0.1) is 0 Å². The Labute approximate surface area is 199 Å². The van der Waals surface area contributed by atoms with Crippen LogP contribution in [0.25, 0.3) is 0 Å². The van der Waals surface area contributed by atoms with Gasteiger partial charge in [0, 0.05) is 32.7 Å². The van der Waals surface area contributed by atoms with Crippen molar-refractivity contribution in [3.63, 3.8) is 0 Å². The number of aryl methyl sites for hydroxylation is 2. The number of rotatable bonds is 5. The highest BCUT2D eigenvalue weighted by Crippen LogP contribution is 2.34. The van der Waals surface area contributed by atoms with Gasteiger partial charge in [-0.2, -0.15) is 0 Å². The molecule has 0 radical (unpaired) electrons. The molecule has 2 saturated heterocycles. The molecule has 0 bridgehead atoms. The monoisotopic (exact) mass is 462 g/mol. The summed E-state index contributed by atoms with van der Waals surface area (Å²) < 4.78 is 10.9. The molecule has 0 unspecified atom stereocenters. The van der Waals surface area contributed by atoms with Gasteiger partial charge in [0.2, 0.25) is 6.79 Å². The second kappa shape index (κ2) is 8.29. The third kappa shape index (κ3) is 3.71. The number of carbonyl (C=O) groups excluding carboxylic acids is 2. The first kappa shape index (κ1) is 21.4. The van der Waals surface area contributed by atoms with E-state index < -0.39 is 5.54 Å². The number of hydrogen-bond donors (Lipinski definition) is 1. The lowest BCUT2D eigenvalue weighted by atomic mass is 9.90. The fourth-order valence-corrected chi connectivity index (χ4v) is 5.49. The Balaban J connectivity index is 1.07. The van der Waals surface area contributed by atoms with Gasteiger partial charge in [-0.1, -0.05) is 24.3 Å². The molecule has 1 atom stereocenters. The van der Waals surface area contributed by atoms with Crippen LogP contribution in [0.4, 0.5) is 4.79 Å². The third-order valence-electron chi connectivity index (χ3n) is 7.60. The van der Waals surface area contributed by atoms with Crippen LogP contribution in [0.15, 0.2) is 36.4 Å². The van der Waals surface area contributed by atoms with E-state index in [0.29, 0.717) is 6.67 Å². The van der Waals surface area contributed by atoms with Crippen molar-refractivity contribution in [1.82, 2.24) is 20.0 Å². The van der Waals surface area contributed by atoms with Crippen LogP contribution in [0.1, 0.15) is 35.6 Å². The first-order valence-corrected chi connectivity index (χ1v) is 12.1. The average Bonchev–Trinajstić information content (AvgIpc) is 3.55. The fraction of sp³-hybridized carbons (Fsp3) is 0.462. The molecule has 4 aliphatic rings. The first-order chi connectivity index (χ1) is 16.5. The Morgan fingerprint density at radius 2 is 1.68 bits per heavy atom. The smallest absolute Gasteiger partial charge is 0.326 e. The van der Waals surface area contributed by atoms with Crippen LogP contribution < -0.4 is 14.8 Å². The molecule has 1 aliphatic carbocycles. The molecule has 1 N–H and O–H groups in total. The summed E-state index contributed by atoms with van der Waals surface area (Å²) in [6.07, 6.45) is 3.30. The lowest BCUT2D eigenvalue weighted by molar-refractivity contribution is -0.132. The Morgan fingerprint density at radius 3 is 2.53 bits per heavy atom. The molecule has 6 rings (SSSR count). The molecule has 8 heteroatoms. The van der Waals surface area contributed by atoms with Crippen LogP contribution >= 0.6 is 0 Å². The molecule has 0 aromatic heterocycles. The molecule has 3 amide bonds. The minimum absolute atomic E-state index is 0.168. The molecule has 178 valence electrons. The summed E-state index contributed by atoms with van der Waals surface area (Å²) >= 11 is 0. The summed E-state index contributed by atoms with van der Waals surface area (Å²) in [5.74, 6) is 1.44. The number of benzene rings is 2. The normalized spacial score (nSPS) is 24.6. The topological polar surface area (TPSA) is 74.4 Å². The minimum Gasteiger partial charge on any atom is -0.454 e. The molecule has 8 nitrogen and oxygen atoms in total. The van der Waals surface area contributed by atoms with E-state index in [2.05, 4.69) is 33.3 Å². The Kier molecular flexibility index (Phi) is 5.22. The SMILES string of the molecule is C[C@]1(c2ccc3c(c2)CCC3)NC(=O)N(CN2CCN(Cc3ccc4c(c3)OCO4)CC2)C1=O. The maximum absolute atomic E-state index is 13.4. The third-order valence-corrected chi connectivity index (χ3v) is 7.60. The molecule has 3 aliphatic heterocycles. The van der Waals surface area contributed by atoms with Crippen molar-refractivity contribution in [2.24, 2.45) is 0 Å². The molecular weight excluding hydrogens is 432 g/mol. The molecule has 2 aromatic carbocycles. The van der Waals surface area contributed by atoms with Gasteiger partial charge in [0.15, 0.2) is 11.5 Å². The number of amides is 3. The van der Waals surface area contributed by atoms with Crippen LogP contribution in [-0.2, 0) is 29.7 Å². The average molecular weight is 463 g/mol. The minimum atomic E-state index is -1.00. The van der Waals surface area contributed by atoms with Crippen LogP contribution in [0.5, 0.6) is 11.5 Å². The maximum atomic E-state index is 13.4. The first-order valence-electron chi connectivity index (χ1n) is 12.1. The van der Waals surface area contributed by atoms with Crippen molar-refractivity contribution >= 4 is 11.9 Å².